The van der Waals surface area contributed by atoms with Crippen LogP contribution in [0.3, 0.4) is 0 Å². The third kappa shape index (κ3) is 9.82. The van der Waals surface area contributed by atoms with Crippen molar-refractivity contribution in [3.05, 3.63) is 47.5 Å². The van der Waals surface area contributed by atoms with Crippen molar-refractivity contribution >= 4 is 98.9 Å². The van der Waals surface area contributed by atoms with Crippen LogP contribution in [-0.4, -0.2) is 80.8 Å². The first kappa shape index (κ1) is 39.2. The normalized spacial score (nSPS) is 13.2. The summed E-state index contributed by atoms with van der Waals surface area (Å²) < 4.78 is 124. The number of benzene rings is 3. The van der Waals surface area contributed by atoms with Gasteiger partial charge in [-0.1, -0.05) is 5.04 Å². The minimum atomic E-state index is -5.37. The highest BCUT2D eigenvalue weighted by Crippen LogP contribution is 2.45. The number of phenols is 1. The number of aromatic hydroxyl groups is 1. The summed E-state index contributed by atoms with van der Waals surface area (Å²) in [6.45, 7) is 1.10. The number of anilines is 2. The van der Waals surface area contributed by atoms with E-state index in [0.29, 0.717) is 18.1 Å². The first-order valence-electron chi connectivity index (χ1n) is 12.6. The van der Waals surface area contributed by atoms with Crippen molar-refractivity contribution in [3.8, 4) is 5.75 Å². The minimum absolute atomic E-state index is 0.0171. The first-order valence-corrected chi connectivity index (χ1v) is 19.3. The Morgan fingerprint density at radius 2 is 1.62 bits per heavy atom. The minimum Gasteiger partial charge on any atom is -0.505 e. The van der Waals surface area contributed by atoms with Crippen molar-refractivity contribution in [3.63, 3.8) is 0 Å². The van der Waals surface area contributed by atoms with Crippen molar-refractivity contribution in [1.29, 1.82) is 0 Å². The quantitative estimate of drug-likeness (QED) is 0.0249. The molecule has 0 fully saturated rings. The van der Waals surface area contributed by atoms with Crippen LogP contribution in [0.4, 0.5) is 23.0 Å². The fourth-order valence-electron chi connectivity index (χ4n) is 3.89. The van der Waals surface area contributed by atoms with E-state index in [0.717, 1.165) is 24.3 Å². The van der Waals surface area contributed by atoms with Crippen molar-refractivity contribution < 1.29 is 72.1 Å². The standard InChI is InChI=1S/C22H19ClN6O16S5/c1-10-24-21(23)27-22(25-10)26-15-5-3-12-13(20(15)50(39,40)41)9-17(49(36,37)38)18(19(12)30)29-28-14-4-2-11(8-16(14)48(33,34)35)46-44-42-6-7-47(32)45-43-31/h2-5,8-9,30-31H,6-7H2,1H3,(H,33,34,35)(H,36,37,38)(H,39,40,41)(H,24,25,26,27). The molecule has 0 aliphatic heterocycles. The van der Waals surface area contributed by atoms with E-state index in [1.807, 2.05) is 0 Å². The zero-order valence-electron chi connectivity index (χ0n) is 24.3. The van der Waals surface area contributed by atoms with Crippen LogP contribution in [0.2, 0.25) is 5.28 Å². The number of phenolic OH excluding ortho intramolecular Hbond substituents is 1. The van der Waals surface area contributed by atoms with Gasteiger partial charge < -0.3 is 10.4 Å². The fourth-order valence-corrected chi connectivity index (χ4v) is 7.14. The molecular weight excluding hydrogens is 800 g/mol. The lowest BCUT2D eigenvalue weighted by Crippen LogP contribution is -2.08. The predicted molar refractivity (Wildman–Crippen MR) is 169 cm³/mol. The molecule has 22 nitrogen and oxygen atoms in total. The van der Waals surface area contributed by atoms with Gasteiger partial charge in [-0.2, -0.15) is 39.6 Å². The Bertz CT molecular complexity index is 2330. The molecule has 0 saturated heterocycles. The number of hydrogen-bond donors (Lipinski definition) is 6. The second-order valence-corrected chi connectivity index (χ2v) is 15.5. The lowest BCUT2D eigenvalue weighted by atomic mass is 10.1. The van der Waals surface area contributed by atoms with Crippen LogP contribution in [0.25, 0.3) is 10.8 Å². The van der Waals surface area contributed by atoms with Gasteiger partial charge >= 0.3 is 0 Å². The second kappa shape index (κ2) is 15.8. The molecule has 0 saturated carbocycles. The van der Waals surface area contributed by atoms with Crippen LogP contribution in [0, 0.1) is 6.92 Å². The Morgan fingerprint density at radius 1 is 0.920 bits per heavy atom. The van der Waals surface area contributed by atoms with Crippen LogP contribution in [0.5, 0.6) is 5.75 Å². The second-order valence-electron chi connectivity index (χ2n) is 9.09. The Balaban J connectivity index is 1.78. The van der Waals surface area contributed by atoms with E-state index in [1.165, 1.54) is 13.0 Å². The molecule has 50 heavy (non-hydrogen) atoms. The van der Waals surface area contributed by atoms with E-state index in [9.17, 15) is 48.2 Å². The maximum Gasteiger partial charge on any atom is 0.297 e. The van der Waals surface area contributed by atoms with E-state index in [1.54, 1.807) is 0 Å². The Kier molecular flexibility index (Phi) is 12.4. The summed E-state index contributed by atoms with van der Waals surface area (Å²) in [4.78, 5) is 13.0. The van der Waals surface area contributed by atoms with Gasteiger partial charge in [0, 0.05) is 15.7 Å². The van der Waals surface area contributed by atoms with Crippen LogP contribution < -0.4 is 5.32 Å². The topological polar surface area (TPSA) is 333 Å². The van der Waals surface area contributed by atoms with E-state index in [-0.39, 0.29) is 34.3 Å². The number of nitrogens with one attached hydrogen (secondary N) is 1. The van der Waals surface area contributed by atoms with Gasteiger partial charge in [-0.3, -0.25) is 13.7 Å². The zero-order chi connectivity index (χ0) is 37.0. The maximum absolute atomic E-state index is 12.5. The highest BCUT2D eigenvalue weighted by molar-refractivity contribution is 7.94. The molecule has 0 spiro atoms. The van der Waals surface area contributed by atoms with Gasteiger partial charge in [-0.05, 0) is 54.9 Å². The van der Waals surface area contributed by atoms with Crippen molar-refractivity contribution in [2.24, 2.45) is 10.2 Å². The largest absolute Gasteiger partial charge is 0.505 e. The highest BCUT2D eigenvalue weighted by atomic mass is 35.5. The summed E-state index contributed by atoms with van der Waals surface area (Å²) >= 11 is 4.16. The number of aromatic nitrogens is 3. The SMILES string of the molecule is Cc1nc(Cl)nc(Nc2ccc3c(O)c(N=Nc4ccc(SOOCCS(=O)OOO)cc4S(=O)(=O)O)c(S(=O)(=O)O)cc3c2S(=O)(=O)O)n1. The molecule has 28 heteroatoms. The molecule has 4 rings (SSSR count). The number of nitrogens with zero attached hydrogens (tertiary/aromatic N) is 5. The lowest BCUT2D eigenvalue weighted by Gasteiger charge is -2.15. The van der Waals surface area contributed by atoms with Gasteiger partial charge in [-0.25, -0.2) is 19.3 Å². The van der Waals surface area contributed by atoms with Gasteiger partial charge in [0.2, 0.25) is 11.2 Å². The fraction of sp³-hybridized carbons (Fsp3) is 0.136. The molecule has 1 aromatic heterocycles. The van der Waals surface area contributed by atoms with Crippen molar-refractivity contribution in [2.45, 2.75) is 26.5 Å². The molecule has 4 aromatic rings. The lowest BCUT2D eigenvalue weighted by molar-refractivity contribution is -0.435. The van der Waals surface area contributed by atoms with Crippen LogP contribution in [0.15, 0.2) is 66.2 Å². The Hall–Kier alpha value is -3.55. The molecule has 1 unspecified atom stereocenters. The highest BCUT2D eigenvalue weighted by Gasteiger charge is 2.28. The first-order chi connectivity index (χ1) is 23.3. The van der Waals surface area contributed by atoms with Crippen LogP contribution in [-0.2, 0) is 60.0 Å². The number of aryl methyl sites for hydroxylation is 1. The van der Waals surface area contributed by atoms with Crippen LogP contribution in [0.1, 0.15) is 5.82 Å². The van der Waals surface area contributed by atoms with E-state index >= 15 is 0 Å². The zero-order valence-corrected chi connectivity index (χ0v) is 29.1. The summed E-state index contributed by atoms with van der Waals surface area (Å²) in [6.07, 6.45) is 0. The molecule has 3 aromatic carbocycles. The van der Waals surface area contributed by atoms with Crippen molar-refractivity contribution in [2.75, 3.05) is 17.7 Å². The third-order valence-corrected chi connectivity index (χ3v) is 9.97. The number of rotatable bonds is 15. The molecule has 6 N–H and O–H groups in total. The van der Waals surface area contributed by atoms with Gasteiger partial charge in [0.25, 0.3) is 30.4 Å². The van der Waals surface area contributed by atoms with Gasteiger partial charge in [0.15, 0.2) is 16.8 Å². The van der Waals surface area contributed by atoms with Gasteiger partial charge in [-0.15, -0.1) is 14.6 Å². The molecule has 1 atom stereocenters. The van der Waals surface area contributed by atoms with E-state index in [4.69, 9.17) is 26.1 Å². The molecule has 0 aliphatic carbocycles. The van der Waals surface area contributed by atoms with Crippen molar-refractivity contribution in [1.82, 2.24) is 15.0 Å². The molecule has 0 radical (unpaired) electrons. The average molecular weight is 819 g/mol. The molecule has 1 heterocycles. The molecule has 0 bridgehead atoms. The maximum atomic E-state index is 12.5. The van der Waals surface area contributed by atoms with E-state index < -0.39 is 89.7 Å². The molecule has 0 aliphatic rings. The number of fused-ring (bicyclic) bond motifs is 1. The number of azo groups is 1. The van der Waals surface area contributed by atoms with Gasteiger partial charge in [0.1, 0.15) is 31.9 Å². The summed E-state index contributed by atoms with van der Waals surface area (Å²) in [5, 5.41) is 30.6. The van der Waals surface area contributed by atoms with Crippen LogP contribution >= 0.6 is 23.6 Å². The smallest absolute Gasteiger partial charge is 0.297 e. The average Bonchev–Trinajstić information content (AvgIpc) is 2.98. The molecular formula is C22H19ClN6O16S5. The Labute approximate surface area is 292 Å². The number of hydrogen-bond acceptors (Lipinski definition) is 20. The summed E-state index contributed by atoms with van der Waals surface area (Å²) in [7, 11) is -15.7. The van der Waals surface area contributed by atoms with E-state index in [2.05, 4.69) is 39.9 Å². The third-order valence-electron chi connectivity index (χ3n) is 5.77. The molecule has 270 valence electrons. The predicted octanol–water partition coefficient (Wildman–Crippen LogP) is 3.63. The number of halogens is 1. The summed E-state index contributed by atoms with van der Waals surface area (Å²) in [5.74, 6) is -1.58. The molecule has 0 amide bonds. The monoisotopic (exact) mass is 818 g/mol. The summed E-state index contributed by atoms with van der Waals surface area (Å²) in [5.41, 5.74) is -2.06. The Morgan fingerprint density at radius 3 is 2.24 bits per heavy atom. The van der Waals surface area contributed by atoms with Gasteiger partial charge in [0.05, 0.1) is 30.1 Å². The summed E-state index contributed by atoms with van der Waals surface area (Å²) in [6, 6.07) is 5.60.